The molecule has 0 radical (unpaired) electrons. The summed E-state index contributed by atoms with van der Waals surface area (Å²) >= 11 is 0. The third-order valence-corrected chi connectivity index (χ3v) is 7.35. The number of likely N-dealkylation sites (tertiary alicyclic amines) is 2. The topological polar surface area (TPSA) is 63.2 Å². The number of benzene rings is 1. The summed E-state index contributed by atoms with van der Waals surface area (Å²) in [5.74, 6) is 1.01. The van der Waals surface area contributed by atoms with Gasteiger partial charge in [0.05, 0.1) is 12.6 Å². The van der Waals surface area contributed by atoms with Crippen molar-refractivity contribution < 1.29 is 4.79 Å². The number of hydrogen-bond donors (Lipinski definition) is 2. The first kappa shape index (κ1) is 23.1. The number of piperidine rings is 2. The molecule has 1 amide bonds. The maximum atomic E-state index is 12.6. The molecule has 0 aliphatic carbocycles. The molecule has 32 heavy (non-hydrogen) atoms. The number of nitrogens with zero attached hydrogens (tertiary/aromatic N) is 4. The molecule has 3 heterocycles. The van der Waals surface area contributed by atoms with Gasteiger partial charge in [0.1, 0.15) is 0 Å². The summed E-state index contributed by atoms with van der Waals surface area (Å²) in [5, 5.41) is 6.99. The van der Waals surface area contributed by atoms with Crippen LogP contribution in [-0.4, -0.2) is 86.1 Å². The van der Waals surface area contributed by atoms with E-state index in [1.165, 1.54) is 45.2 Å². The fraction of sp³-hybridized carbons (Fsp3) is 0.680. The average Bonchev–Trinajstić information content (AvgIpc) is 3.20. The normalized spacial score (nSPS) is 25.2. The van der Waals surface area contributed by atoms with E-state index < -0.39 is 0 Å². The van der Waals surface area contributed by atoms with Crippen LogP contribution >= 0.6 is 0 Å². The number of para-hydroxylation sites is 1. The summed E-state index contributed by atoms with van der Waals surface area (Å²) in [6, 6.07) is 10.0. The van der Waals surface area contributed by atoms with Gasteiger partial charge in [-0.25, -0.2) is 0 Å². The molecule has 7 heteroatoms. The van der Waals surface area contributed by atoms with Crippen LogP contribution in [0.5, 0.6) is 0 Å². The van der Waals surface area contributed by atoms with E-state index in [9.17, 15) is 4.79 Å². The van der Waals surface area contributed by atoms with Crippen LogP contribution in [0.15, 0.2) is 35.3 Å². The molecule has 0 saturated carbocycles. The molecule has 3 aliphatic heterocycles. The smallest absolute Gasteiger partial charge is 0.229 e. The van der Waals surface area contributed by atoms with Gasteiger partial charge < -0.3 is 20.4 Å². The molecular formula is C25H40N6O. The van der Waals surface area contributed by atoms with Crippen LogP contribution in [-0.2, 0) is 4.79 Å². The molecule has 1 unspecified atom stereocenters. The number of aliphatic imine (C=N–C) groups is 1. The predicted molar refractivity (Wildman–Crippen MR) is 131 cm³/mol. The van der Waals surface area contributed by atoms with Crippen LogP contribution in [0.3, 0.4) is 0 Å². The molecule has 0 spiro atoms. The lowest BCUT2D eigenvalue weighted by Crippen LogP contribution is -2.58. The van der Waals surface area contributed by atoms with Crippen LogP contribution in [0.1, 0.15) is 45.4 Å². The summed E-state index contributed by atoms with van der Waals surface area (Å²) in [6.07, 6.45) is 6.82. The molecule has 7 nitrogen and oxygen atoms in total. The minimum atomic E-state index is 0.0731. The standard InChI is InChI=1S/C25H40N6O/c1-3-26-24(28-21-18-23(32)31(19-21)22-10-6-4-7-11-22)27-20-25(12-16-29(2)17-13-25)30-14-8-5-9-15-30/h4,6-7,10-11,21H,3,5,8-9,12-20H2,1-2H3,(H2,26,27,28). The van der Waals surface area contributed by atoms with Crippen molar-refractivity contribution in [3.63, 3.8) is 0 Å². The van der Waals surface area contributed by atoms with E-state index in [2.05, 4.69) is 34.4 Å². The summed E-state index contributed by atoms with van der Waals surface area (Å²) in [6.45, 7) is 9.09. The van der Waals surface area contributed by atoms with Gasteiger partial charge >= 0.3 is 0 Å². The van der Waals surface area contributed by atoms with Gasteiger partial charge in [0.2, 0.25) is 5.91 Å². The summed E-state index contributed by atoms with van der Waals surface area (Å²) in [5.41, 5.74) is 1.13. The number of carbonyl (C=O) groups is 1. The van der Waals surface area contributed by atoms with Crippen molar-refractivity contribution in [2.24, 2.45) is 4.99 Å². The first-order chi connectivity index (χ1) is 15.6. The van der Waals surface area contributed by atoms with Crippen LogP contribution in [0.2, 0.25) is 0 Å². The highest BCUT2D eigenvalue weighted by Gasteiger charge is 2.40. The highest BCUT2D eigenvalue weighted by Crippen LogP contribution is 2.31. The molecule has 176 valence electrons. The first-order valence-electron chi connectivity index (χ1n) is 12.4. The highest BCUT2D eigenvalue weighted by molar-refractivity contribution is 5.97. The van der Waals surface area contributed by atoms with Gasteiger partial charge in [-0.1, -0.05) is 24.6 Å². The zero-order valence-electron chi connectivity index (χ0n) is 19.9. The summed E-state index contributed by atoms with van der Waals surface area (Å²) in [7, 11) is 2.23. The van der Waals surface area contributed by atoms with Crippen molar-refractivity contribution in [2.45, 2.75) is 57.0 Å². The molecule has 1 aromatic carbocycles. The third kappa shape index (κ3) is 5.44. The molecule has 0 bridgehead atoms. The van der Waals surface area contributed by atoms with Crippen molar-refractivity contribution in [1.82, 2.24) is 20.4 Å². The molecular weight excluding hydrogens is 400 g/mol. The van der Waals surface area contributed by atoms with Crippen molar-refractivity contribution in [1.29, 1.82) is 0 Å². The predicted octanol–water partition coefficient (Wildman–Crippen LogP) is 2.30. The Kier molecular flexibility index (Phi) is 7.68. The minimum Gasteiger partial charge on any atom is -0.357 e. The lowest BCUT2D eigenvalue weighted by molar-refractivity contribution is -0.117. The Balaban J connectivity index is 1.44. The number of carbonyl (C=O) groups excluding carboxylic acids is 1. The summed E-state index contributed by atoms with van der Waals surface area (Å²) < 4.78 is 0. The van der Waals surface area contributed by atoms with Gasteiger partial charge in [-0.15, -0.1) is 0 Å². The Labute approximate surface area is 193 Å². The van der Waals surface area contributed by atoms with E-state index in [4.69, 9.17) is 4.99 Å². The van der Waals surface area contributed by atoms with Crippen LogP contribution in [0.4, 0.5) is 5.69 Å². The third-order valence-electron chi connectivity index (χ3n) is 7.35. The Morgan fingerprint density at radius 3 is 2.50 bits per heavy atom. The Morgan fingerprint density at radius 1 is 1.09 bits per heavy atom. The van der Waals surface area contributed by atoms with Crippen LogP contribution < -0.4 is 15.5 Å². The van der Waals surface area contributed by atoms with Gasteiger partial charge in [0.25, 0.3) is 0 Å². The number of guanidine groups is 1. The molecule has 3 saturated heterocycles. The van der Waals surface area contributed by atoms with Gasteiger partial charge in [0.15, 0.2) is 5.96 Å². The first-order valence-corrected chi connectivity index (χ1v) is 12.4. The van der Waals surface area contributed by atoms with E-state index in [0.717, 1.165) is 37.8 Å². The zero-order chi connectivity index (χ0) is 22.4. The monoisotopic (exact) mass is 440 g/mol. The lowest BCUT2D eigenvalue weighted by Gasteiger charge is -2.49. The SMILES string of the molecule is CCNC(=NCC1(N2CCCCC2)CCN(C)CC1)NC1CC(=O)N(c2ccccc2)C1. The quantitative estimate of drug-likeness (QED) is 0.525. The second-order valence-corrected chi connectivity index (χ2v) is 9.66. The van der Waals surface area contributed by atoms with Crippen molar-refractivity contribution in [2.75, 3.05) is 57.8 Å². The molecule has 1 atom stereocenters. The maximum Gasteiger partial charge on any atom is 0.229 e. The molecule has 0 aromatic heterocycles. The average molecular weight is 441 g/mol. The molecule has 2 N–H and O–H groups in total. The second-order valence-electron chi connectivity index (χ2n) is 9.66. The maximum absolute atomic E-state index is 12.6. The number of rotatable bonds is 6. The van der Waals surface area contributed by atoms with E-state index in [-0.39, 0.29) is 17.5 Å². The fourth-order valence-corrected chi connectivity index (χ4v) is 5.38. The van der Waals surface area contributed by atoms with Gasteiger partial charge in [-0.05, 0) is 78.0 Å². The van der Waals surface area contributed by atoms with Crippen molar-refractivity contribution in [3.8, 4) is 0 Å². The Morgan fingerprint density at radius 2 is 1.81 bits per heavy atom. The molecule has 4 rings (SSSR count). The van der Waals surface area contributed by atoms with Gasteiger partial charge in [-0.2, -0.15) is 0 Å². The highest BCUT2D eigenvalue weighted by atomic mass is 16.2. The second kappa shape index (κ2) is 10.7. The lowest BCUT2D eigenvalue weighted by atomic mass is 9.84. The van der Waals surface area contributed by atoms with Crippen LogP contribution in [0, 0.1) is 0 Å². The van der Waals surface area contributed by atoms with E-state index in [0.29, 0.717) is 13.0 Å². The number of amides is 1. The van der Waals surface area contributed by atoms with E-state index >= 15 is 0 Å². The van der Waals surface area contributed by atoms with Gasteiger partial charge in [-0.3, -0.25) is 14.7 Å². The number of nitrogens with one attached hydrogen (secondary N) is 2. The number of hydrogen-bond acceptors (Lipinski definition) is 4. The largest absolute Gasteiger partial charge is 0.357 e. The van der Waals surface area contributed by atoms with E-state index in [1.807, 2.05) is 35.2 Å². The molecule has 3 fully saturated rings. The van der Waals surface area contributed by atoms with Gasteiger partial charge in [0, 0.05) is 30.7 Å². The van der Waals surface area contributed by atoms with Crippen molar-refractivity contribution >= 4 is 17.6 Å². The Bertz CT molecular complexity index is 768. The van der Waals surface area contributed by atoms with E-state index in [1.54, 1.807) is 0 Å². The minimum absolute atomic E-state index is 0.0731. The molecule has 1 aromatic rings. The Hall–Kier alpha value is -2.12. The summed E-state index contributed by atoms with van der Waals surface area (Å²) in [4.78, 5) is 24.8. The van der Waals surface area contributed by atoms with Crippen LogP contribution in [0.25, 0.3) is 0 Å². The molecule has 3 aliphatic rings. The zero-order valence-corrected chi connectivity index (χ0v) is 19.9. The number of anilines is 1. The van der Waals surface area contributed by atoms with Crippen molar-refractivity contribution in [3.05, 3.63) is 30.3 Å². The fourth-order valence-electron chi connectivity index (χ4n) is 5.38.